The van der Waals surface area contributed by atoms with Crippen molar-refractivity contribution >= 4 is 11.9 Å². The van der Waals surface area contributed by atoms with E-state index in [1.165, 1.54) is 6.26 Å². The molecule has 0 radical (unpaired) electrons. The highest BCUT2D eigenvalue weighted by atomic mass is 16.7. The number of carbonyl (C=O) groups excluding carboxylic acids is 2. The second-order valence-electron chi connectivity index (χ2n) is 7.81. The van der Waals surface area contributed by atoms with Crippen LogP contribution in [0.2, 0.25) is 0 Å². The van der Waals surface area contributed by atoms with Gasteiger partial charge in [-0.1, -0.05) is 13.8 Å². The first-order valence-corrected chi connectivity index (χ1v) is 8.67. The first kappa shape index (κ1) is 16.4. The zero-order chi connectivity index (χ0) is 17.9. The Morgan fingerprint density at radius 1 is 1.28 bits per heavy atom. The van der Waals surface area contributed by atoms with E-state index in [9.17, 15) is 14.7 Å². The van der Waals surface area contributed by atoms with Crippen LogP contribution in [0.4, 0.5) is 0 Å². The Hall–Kier alpha value is -2.08. The average Bonchev–Trinajstić information content (AvgIpc) is 3.11. The summed E-state index contributed by atoms with van der Waals surface area (Å²) in [7, 11) is 0. The van der Waals surface area contributed by atoms with E-state index >= 15 is 0 Å². The van der Waals surface area contributed by atoms with Gasteiger partial charge in [0.15, 0.2) is 0 Å². The zero-order valence-electron chi connectivity index (χ0n) is 14.6. The number of hydrogen-bond acceptors (Lipinski definition) is 6. The molecule has 0 amide bonds. The quantitative estimate of drug-likeness (QED) is 0.357. The lowest BCUT2D eigenvalue weighted by atomic mass is 9.72. The van der Waals surface area contributed by atoms with E-state index in [1.54, 1.807) is 13.0 Å². The Labute approximate surface area is 146 Å². The fraction of sp³-hybridized carbons (Fsp3) is 0.579. The number of fused-ring (bicyclic) bond motifs is 2. The molecule has 0 bridgehead atoms. The normalized spacial score (nSPS) is 37.6. The minimum absolute atomic E-state index is 0.0919. The number of ether oxygens (including phenoxy) is 3. The van der Waals surface area contributed by atoms with E-state index in [2.05, 4.69) is 13.8 Å². The standard InChI is InChI=1S/C19H22O6/c1-9-7-12(24-17(9)21)23-8-11-13-15(20)10-5-4-6-19(2,3)14(10)16(13)25-18(11)22/h7-8,12-13,15-16,20H,4-6H2,1-3H3/t12-,13+,15?,16+/m1/s1. The smallest absolute Gasteiger partial charge is 0.338 e. The van der Waals surface area contributed by atoms with Crippen molar-refractivity contribution in [2.75, 3.05) is 0 Å². The molecule has 1 unspecified atom stereocenters. The van der Waals surface area contributed by atoms with Gasteiger partial charge in [-0.05, 0) is 42.7 Å². The highest BCUT2D eigenvalue weighted by Crippen LogP contribution is 2.54. The molecule has 1 saturated heterocycles. The summed E-state index contributed by atoms with van der Waals surface area (Å²) in [5.41, 5.74) is 2.75. The van der Waals surface area contributed by atoms with Crippen LogP contribution in [0.25, 0.3) is 0 Å². The maximum atomic E-state index is 12.3. The third kappa shape index (κ3) is 2.42. The summed E-state index contributed by atoms with van der Waals surface area (Å²) in [6.07, 6.45) is 3.70. The van der Waals surface area contributed by atoms with Gasteiger partial charge in [-0.25, -0.2) is 9.59 Å². The van der Waals surface area contributed by atoms with E-state index in [0.717, 1.165) is 30.4 Å². The summed E-state index contributed by atoms with van der Waals surface area (Å²) in [5, 5.41) is 10.8. The van der Waals surface area contributed by atoms with Gasteiger partial charge in [0.25, 0.3) is 6.29 Å². The third-order valence-corrected chi connectivity index (χ3v) is 5.72. The highest BCUT2D eigenvalue weighted by molar-refractivity contribution is 5.93. The van der Waals surface area contributed by atoms with Crippen molar-refractivity contribution in [1.29, 1.82) is 0 Å². The molecule has 1 N–H and O–H groups in total. The van der Waals surface area contributed by atoms with Crippen LogP contribution in [-0.2, 0) is 23.8 Å². The van der Waals surface area contributed by atoms with E-state index in [4.69, 9.17) is 14.2 Å². The zero-order valence-corrected chi connectivity index (χ0v) is 14.6. The number of carbonyl (C=O) groups is 2. The van der Waals surface area contributed by atoms with Crippen molar-refractivity contribution in [1.82, 2.24) is 0 Å². The van der Waals surface area contributed by atoms with Gasteiger partial charge in [0, 0.05) is 11.6 Å². The molecule has 1 fully saturated rings. The fourth-order valence-corrected chi connectivity index (χ4v) is 4.49. The molecule has 0 aromatic carbocycles. The van der Waals surface area contributed by atoms with Crippen LogP contribution in [0.1, 0.15) is 40.0 Å². The van der Waals surface area contributed by atoms with Gasteiger partial charge in [-0.2, -0.15) is 0 Å². The maximum absolute atomic E-state index is 12.3. The minimum Gasteiger partial charge on any atom is -0.458 e. The summed E-state index contributed by atoms with van der Waals surface area (Å²) in [5.74, 6) is -1.36. The van der Waals surface area contributed by atoms with Gasteiger partial charge in [0.05, 0.1) is 23.9 Å². The summed E-state index contributed by atoms with van der Waals surface area (Å²) < 4.78 is 16.1. The SMILES string of the molecule is CC1=C[C@H](OC=C2C(=O)O[C@@H]3C4=C(CCCC4(C)C)C(O)[C@H]23)OC1=O. The summed E-state index contributed by atoms with van der Waals surface area (Å²) in [4.78, 5) is 23.7. The first-order valence-electron chi connectivity index (χ1n) is 8.67. The lowest BCUT2D eigenvalue weighted by molar-refractivity contribution is -0.152. The number of aliphatic hydroxyl groups is 1. The predicted molar refractivity (Wildman–Crippen MR) is 86.8 cm³/mol. The largest absolute Gasteiger partial charge is 0.458 e. The van der Waals surface area contributed by atoms with Crippen molar-refractivity contribution in [3.05, 3.63) is 34.6 Å². The molecule has 4 atom stereocenters. The summed E-state index contributed by atoms with van der Waals surface area (Å²) in [6, 6.07) is 0. The van der Waals surface area contributed by atoms with Crippen molar-refractivity contribution in [2.24, 2.45) is 11.3 Å². The Balaban J connectivity index is 1.60. The van der Waals surface area contributed by atoms with Crippen LogP contribution >= 0.6 is 0 Å². The number of aliphatic hydroxyl groups excluding tert-OH is 1. The van der Waals surface area contributed by atoms with Crippen molar-refractivity contribution in [3.8, 4) is 0 Å². The van der Waals surface area contributed by atoms with Crippen LogP contribution in [0, 0.1) is 11.3 Å². The van der Waals surface area contributed by atoms with Gasteiger partial charge in [-0.3, -0.25) is 0 Å². The van der Waals surface area contributed by atoms with E-state index in [-0.39, 0.29) is 5.41 Å². The van der Waals surface area contributed by atoms with Crippen molar-refractivity contribution < 1.29 is 28.9 Å². The Morgan fingerprint density at radius 3 is 2.72 bits per heavy atom. The van der Waals surface area contributed by atoms with E-state index in [1.807, 2.05) is 0 Å². The van der Waals surface area contributed by atoms with Gasteiger partial charge in [-0.15, -0.1) is 0 Å². The Kier molecular flexibility index (Phi) is 3.58. The van der Waals surface area contributed by atoms with Gasteiger partial charge in [0.2, 0.25) is 0 Å². The monoisotopic (exact) mass is 346 g/mol. The molecule has 0 aromatic rings. The maximum Gasteiger partial charge on any atom is 0.338 e. The van der Waals surface area contributed by atoms with Gasteiger partial charge in [0.1, 0.15) is 6.10 Å². The number of esters is 2. The lowest BCUT2D eigenvalue weighted by Crippen LogP contribution is -2.27. The van der Waals surface area contributed by atoms with Crippen LogP contribution in [-0.4, -0.2) is 35.5 Å². The summed E-state index contributed by atoms with van der Waals surface area (Å²) >= 11 is 0. The van der Waals surface area contributed by atoms with Crippen LogP contribution < -0.4 is 0 Å². The van der Waals surface area contributed by atoms with Crippen LogP contribution in [0.5, 0.6) is 0 Å². The molecule has 25 heavy (non-hydrogen) atoms. The molecule has 134 valence electrons. The topological polar surface area (TPSA) is 82.1 Å². The molecule has 0 aromatic heterocycles. The molecule has 2 aliphatic heterocycles. The molecule has 2 heterocycles. The molecule has 2 aliphatic carbocycles. The third-order valence-electron chi connectivity index (χ3n) is 5.72. The second-order valence-corrected chi connectivity index (χ2v) is 7.81. The van der Waals surface area contributed by atoms with E-state index in [0.29, 0.717) is 11.1 Å². The lowest BCUT2D eigenvalue weighted by Gasteiger charge is -2.34. The molecule has 6 heteroatoms. The number of rotatable bonds is 2. The molecule has 4 aliphatic rings. The number of hydrogen-bond donors (Lipinski definition) is 1. The van der Waals surface area contributed by atoms with Gasteiger partial charge < -0.3 is 19.3 Å². The Morgan fingerprint density at radius 2 is 2.04 bits per heavy atom. The fourth-order valence-electron chi connectivity index (χ4n) is 4.49. The molecular weight excluding hydrogens is 324 g/mol. The number of cyclic esters (lactones) is 1. The first-order chi connectivity index (χ1) is 11.8. The minimum atomic E-state index is -0.843. The molecule has 0 saturated carbocycles. The molecule has 0 spiro atoms. The molecule has 6 nitrogen and oxygen atoms in total. The van der Waals surface area contributed by atoms with Crippen LogP contribution in [0.15, 0.2) is 34.6 Å². The van der Waals surface area contributed by atoms with E-state index < -0.39 is 36.4 Å². The molecular formula is C19H22O6. The molecule has 4 rings (SSSR count). The second kappa shape index (κ2) is 5.46. The van der Waals surface area contributed by atoms with Crippen LogP contribution in [0.3, 0.4) is 0 Å². The predicted octanol–water partition coefficient (Wildman–Crippen LogP) is 2.14. The Bertz CT molecular complexity index is 741. The van der Waals surface area contributed by atoms with Crippen molar-refractivity contribution in [3.63, 3.8) is 0 Å². The summed E-state index contributed by atoms with van der Waals surface area (Å²) in [6.45, 7) is 5.90. The van der Waals surface area contributed by atoms with Gasteiger partial charge >= 0.3 is 11.9 Å². The average molecular weight is 346 g/mol. The highest BCUT2D eigenvalue weighted by Gasteiger charge is 2.56. The van der Waals surface area contributed by atoms with Crippen molar-refractivity contribution in [2.45, 2.75) is 58.5 Å².